The van der Waals surface area contributed by atoms with Crippen LogP contribution in [0.15, 0.2) is 24.3 Å². The monoisotopic (exact) mass is 359 g/mol. The van der Waals surface area contributed by atoms with Gasteiger partial charge in [0.2, 0.25) is 15.9 Å². The first-order valence-corrected chi connectivity index (χ1v) is 9.37. The molecule has 2 N–H and O–H groups in total. The third-order valence-electron chi connectivity index (χ3n) is 4.05. The zero-order valence-electron chi connectivity index (χ0n) is 13.1. The van der Waals surface area contributed by atoms with E-state index in [1.54, 1.807) is 24.3 Å². The second-order valence-corrected chi connectivity index (χ2v) is 8.52. The summed E-state index contributed by atoms with van der Waals surface area (Å²) in [6, 6.07) is 6.97. The first kappa shape index (κ1) is 18.2. The molecular formula is C15H22ClN3O3S. The lowest BCUT2D eigenvalue weighted by Gasteiger charge is -2.34. The summed E-state index contributed by atoms with van der Waals surface area (Å²) in [6.07, 6.45) is 0.0616. The minimum atomic E-state index is -3.58. The van der Waals surface area contributed by atoms with Gasteiger partial charge in [-0.25, -0.2) is 8.42 Å². The van der Waals surface area contributed by atoms with Crippen LogP contribution in [0.1, 0.15) is 12.0 Å². The number of nitrogens with two attached hydrogens (primary N) is 1. The van der Waals surface area contributed by atoms with Crippen molar-refractivity contribution in [3.63, 3.8) is 0 Å². The molecule has 1 aliphatic heterocycles. The van der Waals surface area contributed by atoms with Gasteiger partial charge < -0.3 is 10.6 Å². The topological polar surface area (TPSA) is 83.7 Å². The maximum Gasteiger partial charge on any atom is 0.218 e. The molecule has 0 radical (unpaired) electrons. The van der Waals surface area contributed by atoms with Crippen LogP contribution in [0.3, 0.4) is 0 Å². The van der Waals surface area contributed by atoms with E-state index in [0.717, 1.165) is 5.56 Å². The number of amides is 1. The Bertz CT molecular complexity index is 640. The number of carbonyl (C=O) groups excluding carboxylic acids is 1. The van der Waals surface area contributed by atoms with Crippen LogP contribution < -0.4 is 5.73 Å². The van der Waals surface area contributed by atoms with E-state index in [-0.39, 0.29) is 12.8 Å². The van der Waals surface area contributed by atoms with E-state index in [4.69, 9.17) is 17.3 Å². The number of benzene rings is 1. The summed E-state index contributed by atoms with van der Waals surface area (Å²) in [4.78, 5) is 13.4. The van der Waals surface area contributed by atoms with Crippen molar-refractivity contribution >= 4 is 27.5 Å². The molecule has 1 atom stereocenters. The summed E-state index contributed by atoms with van der Waals surface area (Å²) in [5.41, 5.74) is 6.09. The van der Waals surface area contributed by atoms with Gasteiger partial charge in [-0.3, -0.25) is 4.79 Å². The van der Waals surface area contributed by atoms with Crippen molar-refractivity contribution in [2.45, 2.75) is 18.1 Å². The predicted octanol–water partition coefficient (Wildman–Crippen LogP) is 0.704. The smallest absolute Gasteiger partial charge is 0.218 e. The molecule has 1 fully saturated rings. The van der Waals surface area contributed by atoms with E-state index in [1.807, 2.05) is 7.05 Å². The fourth-order valence-electron chi connectivity index (χ4n) is 2.64. The summed E-state index contributed by atoms with van der Waals surface area (Å²) in [5, 5.41) is -0.258. The van der Waals surface area contributed by atoms with Crippen molar-refractivity contribution in [1.82, 2.24) is 9.21 Å². The Morgan fingerprint density at radius 2 is 1.78 bits per heavy atom. The molecule has 0 bridgehead atoms. The van der Waals surface area contributed by atoms with Gasteiger partial charge in [-0.2, -0.15) is 4.31 Å². The van der Waals surface area contributed by atoms with Gasteiger partial charge in [-0.1, -0.05) is 23.7 Å². The van der Waals surface area contributed by atoms with Crippen LogP contribution in [0, 0.1) is 0 Å². The first-order valence-electron chi connectivity index (χ1n) is 7.49. The summed E-state index contributed by atoms with van der Waals surface area (Å²) in [5.74, 6) is -0.610. The van der Waals surface area contributed by atoms with Crippen molar-refractivity contribution in [1.29, 1.82) is 0 Å². The lowest BCUT2D eigenvalue weighted by molar-refractivity contribution is -0.118. The summed E-state index contributed by atoms with van der Waals surface area (Å²) in [6.45, 7) is 2.25. The highest BCUT2D eigenvalue weighted by Gasteiger charge is 2.34. The zero-order chi connectivity index (χ0) is 17.0. The number of piperazine rings is 1. The van der Waals surface area contributed by atoms with Gasteiger partial charge in [-0.15, -0.1) is 0 Å². The van der Waals surface area contributed by atoms with Gasteiger partial charge in [0.1, 0.15) is 0 Å². The fourth-order valence-corrected chi connectivity index (χ4v) is 4.64. The van der Waals surface area contributed by atoms with Crippen LogP contribution in [0.2, 0.25) is 5.02 Å². The highest BCUT2D eigenvalue weighted by atomic mass is 35.5. The zero-order valence-corrected chi connectivity index (χ0v) is 14.7. The minimum Gasteiger partial charge on any atom is -0.370 e. The summed E-state index contributed by atoms with van der Waals surface area (Å²) >= 11 is 5.85. The van der Waals surface area contributed by atoms with E-state index < -0.39 is 21.2 Å². The second-order valence-electron chi connectivity index (χ2n) is 5.87. The number of hydrogen-bond donors (Lipinski definition) is 1. The Morgan fingerprint density at radius 3 is 2.30 bits per heavy atom. The van der Waals surface area contributed by atoms with Crippen molar-refractivity contribution in [2.24, 2.45) is 5.73 Å². The summed E-state index contributed by atoms with van der Waals surface area (Å²) < 4.78 is 27.2. The Balaban J connectivity index is 2.19. The molecule has 23 heavy (non-hydrogen) atoms. The molecule has 1 amide bonds. The molecule has 0 spiro atoms. The number of halogens is 1. The molecule has 0 saturated carbocycles. The molecule has 2 rings (SSSR count). The molecule has 1 saturated heterocycles. The van der Waals surface area contributed by atoms with Gasteiger partial charge >= 0.3 is 0 Å². The van der Waals surface area contributed by atoms with E-state index >= 15 is 0 Å². The molecule has 8 heteroatoms. The van der Waals surface area contributed by atoms with Crippen molar-refractivity contribution in [3.05, 3.63) is 34.9 Å². The fraction of sp³-hybridized carbons (Fsp3) is 0.533. The standard InChI is InChI=1S/C15H22ClN3O3S/c1-18-6-8-19(9-7-18)23(21,22)14(11-15(17)20)10-12-2-4-13(16)5-3-12/h2-5,14H,6-11H2,1H3,(H2,17,20). The number of carbonyl (C=O) groups is 1. The van der Waals surface area contributed by atoms with Gasteiger partial charge in [0.25, 0.3) is 0 Å². The average molecular weight is 360 g/mol. The minimum absolute atomic E-state index is 0.183. The molecule has 1 aromatic rings. The molecule has 0 aromatic heterocycles. The highest BCUT2D eigenvalue weighted by Crippen LogP contribution is 2.20. The second kappa shape index (κ2) is 7.61. The van der Waals surface area contributed by atoms with Gasteiger partial charge in [0.05, 0.1) is 5.25 Å². The molecule has 1 unspecified atom stereocenters. The maximum absolute atomic E-state index is 12.9. The molecule has 1 aromatic carbocycles. The van der Waals surface area contributed by atoms with Gasteiger partial charge in [0.15, 0.2) is 0 Å². The third-order valence-corrected chi connectivity index (χ3v) is 6.56. The third kappa shape index (κ3) is 4.91. The van der Waals surface area contributed by atoms with Crippen LogP contribution in [0.25, 0.3) is 0 Å². The lowest BCUT2D eigenvalue weighted by Crippen LogP contribution is -2.50. The van der Waals surface area contributed by atoms with Crippen LogP contribution in [-0.4, -0.2) is 62.0 Å². The Labute approximate surface area is 142 Å². The largest absolute Gasteiger partial charge is 0.370 e. The quantitative estimate of drug-likeness (QED) is 0.810. The van der Waals surface area contributed by atoms with E-state index in [1.165, 1.54) is 4.31 Å². The van der Waals surface area contributed by atoms with Crippen LogP contribution in [-0.2, 0) is 21.2 Å². The Hall–Kier alpha value is -1.15. The average Bonchev–Trinajstić information content (AvgIpc) is 2.49. The molecule has 1 heterocycles. The van der Waals surface area contributed by atoms with Crippen LogP contribution in [0.5, 0.6) is 0 Å². The molecule has 128 valence electrons. The number of hydrogen-bond acceptors (Lipinski definition) is 4. The molecule has 0 aliphatic carbocycles. The highest BCUT2D eigenvalue weighted by molar-refractivity contribution is 7.89. The normalized spacial score (nSPS) is 18.7. The number of likely N-dealkylation sites (N-methyl/N-ethyl adjacent to an activating group) is 1. The number of primary amides is 1. The van der Waals surface area contributed by atoms with E-state index in [2.05, 4.69) is 4.90 Å². The number of rotatable bonds is 6. The predicted molar refractivity (Wildman–Crippen MR) is 90.7 cm³/mol. The van der Waals surface area contributed by atoms with Crippen molar-refractivity contribution in [2.75, 3.05) is 33.2 Å². The van der Waals surface area contributed by atoms with E-state index in [9.17, 15) is 13.2 Å². The Morgan fingerprint density at radius 1 is 1.22 bits per heavy atom. The number of nitrogens with zero attached hydrogens (tertiary/aromatic N) is 2. The van der Waals surface area contributed by atoms with E-state index in [0.29, 0.717) is 31.2 Å². The molecular weight excluding hydrogens is 338 g/mol. The molecule has 1 aliphatic rings. The number of sulfonamides is 1. The van der Waals surface area contributed by atoms with Crippen molar-refractivity contribution in [3.8, 4) is 0 Å². The van der Waals surface area contributed by atoms with Crippen LogP contribution in [0.4, 0.5) is 0 Å². The van der Waals surface area contributed by atoms with Crippen molar-refractivity contribution < 1.29 is 13.2 Å². The first-order chi connectivity index (χ1) is 10.8. The van der Waals surface area contributed by atoms with Gasteiger partial charge in [0, 0.05) is 37.6 Å². The van der Waals surface area contributed by atoms with Crippen LogP contribution >= 0.6 is 11.6 Å². The maximum atomic E-state index is 12.9. The lowest BCUT2D eigenvalue weighted by atomic mass is 10.1. The molecule has 6 nitrogen and oxygen atoms in total. The Kier molecular flexibility index (Phi) is 6.02. The van der Waals surface area contributed by atoms with Gasteiger partial charge in [-0.05, 0) is 31.2 Å². The summed E-state index contributed by atoms with van der Waals surface area (Å²) in [7, 11) is -1.62. The SMILES string of the molecule is CN1CCN(S(=O)(=O)C(CC(N)=O)Cc2ccc(Cl)cc2)CC1.